The third-order valence-electron chi connectivity index (χ3n) is 6.41. The molecule has 0 saturated heterocycles. The number of esters is 1. The molecule has 0 radical (unpaired) electrons. The van der Waals surface area contributed by atoms with Crippen molar-refractivity contribution >= 4 is 11.9 Å². The van der Waals surface area contributed by atoms with Crippen molar-refractivity contribution in [1.29, 1.82) is 0 Å². The van der Waals surface area contributed by atoms with Crippen molar-refractivity contribution in [2.75, 3.05) is 20.6 Å². The molecule has 0 unspecified atom stereocenters. The highest BCUT2D eigenvalue weighted by molar-refractivity contribution is 5.79. The predicted molar refractivity (Wildman–Crippen MR) is 163 cm³/mol. The van der Waals surface area contributed by atoms with Crippen LogP contribution in [0.2, 0.25) is 0 Å². The summed E-state index contributed by atoms with van der Waals surface area (Å²) in [5, 5.41) is 2.41. The number of benzene rings is 4. The number of hydrogen-bond acceptors (Lipinski definition) is 7. The molecule has 0 aliphatic carbocycles. The first-order valence-electron chi connectivity index (χ1n) is 16.1. The van der Waals surface area contributed by atoms with Crippen molar-refractivity contribution in [1.82, 2.24) is 5.32 Å². The second-order valence-electron chi connectivity index (χ2n) is 9.53. The summed E-state index contributed by atoms with van der Waals surface area (Å²) < 4.78 is 67.7. The highest BCUT2D eigenvalue weighted by Crippen LogP contribution is 2.35. The summed E-state index contributed by atoms with van der Waals surface area (Å²) in [6.45, 7) is -0.820. The van der Waals surface area contributed by atoms with Crippen LogP contribution in [0.3, 0.4) is 0 Å². The highest BCUT2D eigenvalue weighted by atomic mass is 16.5. The van der Waals surface area contributed by atoms with Crippen molar-refractivity contribution < 1.29 is 40.1 Å². The van der Waals surface area contributed by atoms with Gasteiger partial charge in [-0.3, -0.25) is 9.59 Å². The van der Waals surface area contributed by atoms with E-state index in [0.717, 1.165) is 11.1 Å². The minimum atomic E-state index is -2.78. The molecule has 0 spiro atoms. The summed E-state index contributed by atoms with van der Waals surface area (Å²) in [5.74, 6) is -0.414. The second-order valence-corrected chi connectivity index (χ2v) is 9.53. The molecule has 0 fully saturated rings. The third-order valence-corrected chi connectivity index (χ3v) is 6.41. The Morgan fingerprint density at radius 1 is 0.767 bits per heavy atom. The van der Waals surface area contributed by atoms with Crippen molar-refractivity contribution in [3.8, 4) is 23.0 Å². The first kappa shape index (κ1) is 24.6. The number of rotatable bonds is 15. The Morgan fingerprint density at radius 3 is 2.09 bits per heavy atom. The van der Waals surface area contributed by atoms with Crippen molar-refractivity contribution in [2.45, 2.75) is 39.6 Å². The first-order valence-corrected chi connectivity index (χ1v) is 13.6. The molecule has 0 bridgehead atoms. The maximum Gasteiger partial charge on any atom is 0.302 e. The summed E-state index contributed by atoms with van der Waals surface area (Å²) in [6.07, 6.45) is -0.565. The van der Waals surface area contributed by atoms with Gasteiger partial charge in [0.1, 0.15) is 19.8 Å². The van der Waals surface area contributed by atoms with Crippen LogP contribution in [0.5, 0.6) is 23.0 Å². The average molecular weight is 589 g/mol. The Kier molecular flexibility index (Phi) is 9.08. The van der Waals surface area contributed by atoms with E-state index >= 15 is 0 Å². The van der Waals surface area contributed by atoms with E-state index in [9.17, 15) is 9.59 Å². The molecule has 0 saturated carbocycles. The van der Waals surface area contributed by atoms with Gasteiger partial charge in [0.25, 0.3) is 0 Å². The van der Waals surface area contributed by atoms with Crippen LogP contribution in [0.25, 0.3) is 0 Å². The van der Waals surface area contributed by atoms with Crippen molar-refractivity contribution in [3.63, 3.8) is 0 Å². The molecule has 0 aromatic heterocycles. The number of methoxy groups -OCH3 is 2. The number of amides is 1. The molecule has 8 nitrogen and oxygen atoms in total. The molecule has 0 aliphatic heterocycles. The summed E-state index contributed by atoms with van der Waals surface area (Å²) in [6, 6.07) is 26.4. The van der Waals surface area contributed by atoms with Gasteiger partial charge < -0.3 is 29.0 Å². The molecule has 43 heavy (non-hydrogen) atoms. The smallest absolute Gasteiger partial charge is 0.302 e. The molecular formula is C35H37NO7. The predicted octanol–water partition coefficient (Wildman–Crippen LogP) is 5.83. The summed E-state index contributed by atoms with van der Waals surface area (Å²) in [4.78, 5) is 24.9. The van der Waals surface area contributed by atoms with Gasteiger partial charge in [0.15, 0.2) is 23.0 Å². The summed E-state index contributed by atoms with van der Waals surface area (Å²) in [7, 11) is -1.31. The lowest BCUT2D eigenvalue weighted by atomic mass is 10.0. The van der Waals surface area contributed by atoms with E-state index in [1.165, 1.54) is 26.2 Å². The van der Waals surface area contributed by atoms with E-state index in [1.807, 2.05) is 60.7 Å². The normalized spacial score (nSPS) is 12.8. The van der Waals surface area contributed by atoms with Gasteiger partial charge in [-0.15, -0.1) is 0 Å². The van der Waals surface area contributed by atoms with Gasteiger partial charge in [0, 0.05) is 21.7 Å². The summed E-state index contributed by atoms with van der Waals surface area (Å²) >= 11 is 0. The fraction of sp³-hybridized carbons (Fsp3) is 0.257. The van der Waals surface area contributed by atoms with E-state index in [0.29, 0.717) is 28.2 Å². The zero-order valence-electron chi connectivity index (χ0n) is 29.1. The zero-order chi connectivity index (χ0) is 34.7. The molecule has 0 heterocycles. The number of ether oxygens (including phenoxy) is 5. The van der Waals surface area contributed by atoms with Crippen molar-refractivity contribution in [2.24, 2.45) is 0 Å². The molecule has 1 N–H and O–H groups in total. The Balaban J connectivity index is 1.50. The van der Waals surface area contributed by atoms with Crippen LogP contribution in [-0.2, 0) is 47.0 Å². The topological polar surface area (TPSA) is 92.3 Å². The monoisotopic (exact) mass is 588 g/mol. The van der Waals surface area contributed by atoms with Gasteiger partial charge in [0.2, 0.25) is 5.91 Å². The van der Waals surface area contributed by atoms with E-state index in [4.69, 9.17) is 30.5 Å². The molecule has 8 heteroatoms. The number of carbonyl (C=O) groups is 2. The van der Waals surface area contributed by atoms with Gasteiger partial charge in [-0.1, -0.05) is 72.8 Å². The number of aryl methyl sites for hydroxylation is 1. The third kappa shape index (κ3) is 9.26. The molecule has 0 aliphatic rings. The number of carbonyl (C=O) groups excluding carboxylic acids is 2. The summed E-state index contributed by atoms with van der Waals surface area (Å²) in [5.41, 5.74) is 2.97. The molecule has 0 atom stereocenters. The Labute approximate surface area is 259 Å². The van der Waals surface area contributed by atoms with Gasteiger partial charge >= 0.3 is 5.97 Å². The standard InChI is InChI=1S/C35H37NO7/c1-25(37)41-24-30-29(15-17-32(39-2)35(30)43-23-28-12-8-5-9-13-28)21-34(38)36-19-18-26-14-16-31(33(20-26)40-3)42-22-27-10-6-4-7-11-27/h4-17,20H,18-19,21-24H2,1-3H3,(H,36,38)/i3D3,19D2. The van der Waals surface area contributed by atoms with Gasteiger partial charge in [0.05, 0.1) is 24.7 Å². The van der Waals surface area contributed by atoms with E-state index in [2.05, 4.69) is 5.32 Å². The number of nitrogens with one attached hydrogen (secondary N) is 1. The molecule has 4 aromatic carbocycles. The minimum absolute atomic E-state index is 0.0815. The van der Waals surface area contributed by atoms with Gasteiger partial charge in [-0.2, -0.15) is 0 Å². The van der Waals surface area contributed by atoms with E-state index in [1.54, 1.807) is 18.2 Å². The Hall–Kier alpha value is -4.98. The lowest BCUT2D eigenvalue weighted by molar-refractivity contribution is -0.142. The fourth-order valence-electron chi connectivity index (χ4n) is 4.25. The first-order chi connectivity index (χ1) is 22.8. The number of hydrogen-bond donors (Lipinski definition) is 1. The second kappa shape index (κ2) is 15.9. The van der Waals surface area contributed by atoms with Crippen LogP contribution < -0.4 is 24.3 Å². The van der Waals surface area contributed by atoms with Gasteiger partial charge in [-0.05, 0) is 46.9 Å². The molecule has 4 rings (SSSR count). The highest BCUT2D eigenvalue weighted by Gasteiger charge is 2.19. The lowest BCUT2D eigenvalue weighted by Gasteiger charge is -2.19. The average Bonchev–Trinajstić information content (AvgIpc) is 3.02. The molecule has 4 aromatic rings. The fourth-order valence-corrected chi connectivity index (χ4v) is 4.25. The van der Waals surface area contributed by atoms with Crippen LogP contribution >= 0.6 is 0 Å². The lowest BCUT2D eigenvalue weighted by Crippen LogP contribution is -2.27. The van der Waals surface area contributed by atoms with Crippen LogP contribution in [0.4, 0.5) is 0 Å². The van der Waals surface area contributed by atoms with E-state index in [-0.39, 0.29) is 44.2 Å². The quantitative estimate of drug-likeness (QED) is 0.175. The largest absolute Gasteiger partial charge is 0.493 e. The Bertz CT molecular complexity index is 1680. The Morgan fingerprint density at radius 2 is 1.44 bits per heavy atom. The molecule has 224 valence electrons. The van der Waals surface area contributed by atoms with E-state index < -0.39 is 25.4 Å². The minimum Gasteiger partial charge on any atom is -0.493 e. The van der Waals surface area contributed by atoms with Crippen LogP contribution in [0, 0.1) is 0 Å². The van der Waals surface area contributed by atoms with Crippen LogP contribution in [0.15, 0.2) is 91.0 Å². The van der Waals surface area contributed by atoms with Crippen LogP contribution in [0.1, 0.15) is 41.6 Å². The molecule has 1 amide bonds. The maximum atomic E-state index is 13.2. The van der Waals surface area contributed by atoms with Crippen molar-refractivity contribution in [3.05, 3.63) is 119 Å². The van der Waals surface area contributed by atoms with Gasteiger partial charge in [-0.25, -0.2) is 0 Å². The zero-order valence-corrected chi connectivity index (χ0v) is 24.1. The maximum absolute atomic E-state index is 13.2. The molecular weight excluding hydrogens is 546 g/mol. The van der Waals surface area contributed by atoms with Crippen LogP contribution in [-0.4, -0.2) is 32.5 Å². The SMILES string of the molecule is [2H]C([2H])(Cc1ccc(OCc2ccccc2)c(OC([2H])([2H])[2H])c1)NC(=O)Cc1ccc(OC)c(OCc2ccccc2)c1COC(C)=O.